The van der Waals surface area contributed by atoms with E-state index in [4.69, 9.17) is 18.6 Å². The highest BCUT2D eigenvalue weighted by atomic mass is 16.5. The number of H-pyrrole nitrogens is 2. The molecule has 5 aromatic rings. The minimum Gasteiger partial charge on any atom is -0.496 e. The summed E-state index contributed by atoms with van der Waals surface area (Å²) in [5, 5.41) is 4.34. The highest BCUT2D eigenvalue weighted by Gasteiger charge is 2.27. The molecule has 0 bridgehead atoms. The topological polar surface area (TPSA) is 111 Å². The van der Waals surface area contributed by atoms with Gasteiger partial charge >= 0.3 is 0 Å². The molecule has 3 heterocycles. The van der Waals surface area contributed by atoms with Crippen molar-refractivity contribution in [2.75, 3.05) is 21.3 Å². The van der Waals surface area contributed by atoms with Gasteiger partial charge in [-0.2, -0.15) is 0 Å². The Bertz CT molecular complexity index is 1750. The van der Waals surface area contributed by atoms with Gasteiger partial charge in [-0.3, -0.25) is 19.4 Å². The minimum atomic E-state index is -0.228. The molecule has 2 N–H and O–H groups in total. The first-order chi connectivity index (χ1) is 18.0. The lowest BCUT2D eigenvalue weighted by molar-refractivity contribution is 0.349. The number of nitrogens with one attached hydrogen (secondary N) is 2. The average molecular weight is 504 g/mol. The maximum atomic E-state index is 13.6. The molecular formula is C28H29N3O6. The van der Waals surface area contributed by atoms with Gasteiger partial charge in [0, 0.05) is 28.6 Å². The normalized spacial score (nSPS) is 14.9. The second-order valence-electron chi connectivity index (χ2n) is 9.55. The SMILES string of the molecule is COc1cc(OC)c(-c2c3oc4cc(=O)ccc4c3[nH]c3c2c(=O)[nH]n3C2CCCCCC2)cc1OC. The molecule has 9 nitrogen and oxygen atoms in total. The van der Waals surface area contributed by atoms with Crippen molar-refractivity contribution in [2.24, 2.45) is 0 Å². The van der Waals surface area contributed by atoms with Crippen molar-refractivity contribution in [2.45, 2.75) is 44.6 Å². The van der Waals surface area contributed by atoms with E-state index in [-0.39, 0.29) is 17.0 Å². The number of hydrogen-bond donors (Lipinski definition) is 2. The number of rotatable bonds is 5. The molecular weight excluding hydrogens is 474 g/mol. The number of aromatic amines is 2. The van der Waals surface area contributed by atoms with E-state index < -0.39 is 0 Å². The summed E-state index contributed by atoms with van der Waals surface area (Å²) in [6, 6.07) is 8.43. The van der Waals surface area contributed by atoms with Crippen LogP contribution in [0, 0.1) is 0 Å². The molecule has 6 rings (SSSR count). The van der Waals surface area contributed by atoms with Crippen LogP contribution >= 0.6 is 0 Å². The maximum Gasteiger partial charge on any atom is 0.274 e. The number of hydrogen-bond acceptors (Lipinski definition) is 6. The molecule has 0 unspecified atom stereocenters. The molecule has 1 fully saturated rings. The Morgan fingerprint density at radius 3 is 2.30 bits per heavy atom. The first kappa shape index (κ1) is 23.3. The quantitative estimate of drug-likeness (QED) is 0.306. The third-order valence-corrected chi connectivity index (χ3v) is 7.47. The zero-order chi connectivity index (χ0) is 25.7. The van der Waals surface area contributed by atoms with E-state index >= 15 is 0 Å². The van der Waals surface area contributed by atoms with Crippen LogP contribution in [-0.2, 0) is 0 Å². The predicted octanol–water partition coefficient (Wildman–Crippen LogP) is 5.51. The van der Waals surface area contributed by atoms with Crippen LogP contribution in [0.25, 0.3) is 44.2 Å². The zero-order valence-corrected chi connectivity index (χ0v) is 21.1. The number of nitrogens with zero attached hydrogens (tertiary/aromatic N) is 1. The van der Waals surface area contributed by atoms with Crippen molar-refractivity contribution in [1.29, 1.82) is 0 Å². The highest BCUT2D eigenvalue weighted by molar-refractivity contribution is 6.15. The van der Waals surface area contributed by atoms with E-state index in [1.807, 2.05) is 4.68 Å². The van der Waals surface area contributed by atoms with Gasteiger partial charge in [-0.05, 0) is 31.0 Å². The van der Waals surface area contributed by atoms with Crippen molar-refractivity contribution >= 4 is 33.1 Å². The van der Waals surface area contributed by atoms with E-state index in [1.165, 1.54) is 25.0 Å². The van der Waals surface area contributed by atoms with Gasteiger partial charge < -0.3 is 23.6 Å². The van der Waals surface area contributed by atoms with Crippen LogP contribution in [0.2, 0.25) is 0 Å². The number of methoxy groups -OCH3 is 3. The molecule has 2 aromatic carbocycles. The average Bonchev–Trinajstić information content (AvgIpc) is 3.29. The lowest BCUT2D eigenvalue weighted by Crippen LogP contribution is -2.13. The second-order valence-corrected chi connectivity index (χ2v) is 9.55. The summed E-state index contributed by atoms with van der Waals surface area (Å²) in [6.07, 6.45) is 6.62. The third-order valence-electron chi connectivity index (χ3n) is 7.47. The largest absolute Gasteiger partial charge is 0.496 e. The Morgan fingerprint density at radius 2 is 1.59 bits per heavy atom. The Balaban J connectivity index is 1.77. The van der Waals surface area contributed by atoms with Crippen molar-refractivity contribution in [1.82, 2.24) is 14.8 Å². The smallest absolute Gasteiger partial charge is 0.274 e. The highest BCUT2D eigenvalue weighted by Crippen LogP contribution is 2.46. The van der Waals surface area contributed by atoms with Crippen LogP contribution in [0.3, 0.4) is 0 Å². The fourth-order valence-electron chi connectivity index (χ4n) is 5.68. The number of pyridine rings is 1. The molecule has 1 aliphatic carbocycles. The molecule has 0 atom stereocenters. The third kappa shape index (κ3) is 3.68. The molecule has 1 saturated carbocycles. The summed E-state index contributed by atoms with van der Waals surface area (Å²) < 4.78 is 25.1. The monoisotopic (exact) mass is 503 g/mol. The number of fused-ring (bicyclic) bond motifs is 4. The molecule has 37 heavy (non-hydrogen) atoms. The number of benzene rings is 2. The summed E-state index contributed by atoms with van der Waals surface area (Å²) in [7, 11) is 4.68. The van der Waals surface area contributed by atoms with E-state index in [9.17, 15) is 9.59 Å². The van der Waals surface area contributed by atoms with E-state index in [0.717, 1.165) is 31.1 Å². The summed E-state index contributed by atoms with van der Waals surface area (Å²) in [4.78, 5) is 29.2. The molecule has 192 valence electrons. The van der Waals surface area contributed by atoms with Crippen molar-refractivity contribution in [3.8, 4) is 28.4 Å². The molecule has 0 amide bonds. The fourth-order valence-corrected chi connectivity index (χ4v) is 5.68. The Labute approximate surface area is 211 Å². The van der Waals surface area contributed by atoms with Crippen LogP contribution in [-0.4, -0.2) is 36.1 Å². The number of furan rings is 1. The fraction of sp³-hybridized carbons (Fsp3) is 0.357. The molecule has 0 aliphatic heterocycles. The van der Waals surface area contributed by atoms with Crippen molar-refractivity contribution in [3.05, 3.63) is 50.9 Å². The van der Waals surface area contributed by atoms with Crippen molar-refractivity contribution < 1.29 is 18.6 Å². The lowest BCUT2D eigenvalue weighted by Gasteiger charge is -2.18. The number of aromatic nitrogens is 3. The van der Waals surface area contributed by atoms with Crippen LogP contribution in [0.4, 0.5) is 0 Å². The van der Waals surface area contributed by atoms with E-state index in [2.05, 4.69) is 10.1 Å². The maximum absolute atomic E-state index is 13.6. The summed E-state index contributed by atoms with van der Waals surface area (Å²) in [5.74, 6) is 1.49. The summed E-state index contributed by atoms with van der Waals surface area (Å²) in [6.45, 7) is 0. The van der Waals surface area contributed by atoms with Crippen LogP contribution in [0.15, 0.2) is 44.3 Å². The molecule has 9 heteroatoms. The first-order valence-corrected chi connectivity index (χ1v) is 12.6. The van der Waals surface area contributed by atoms with Crippen LogP contribution < -0.4 is 25.2 Å². The first-order valence-electron chi connectivity index (χ1n) is 12.6. The predicted molar refractivity (Wildman–Crippen MR) is 142 cm³/mol. The van der Waals surface area contributed by atoms with Gasteiger partial charge in [0.15, 0.2) is 22.5 Å². The van der Waals surface area contributed by atoms with Gasteiger partial charge in [0.25, 0.3) is 5.56 Å². The van der Waals surface area contributed by atoms with Gasteiger partial charge in [0.2, 0.25) is 0 Å². The van der Waals surface area contributed by atoms with Crippen LogP contribution in [0.1, 0.15) is 44.6 Å². The van der Waals surface area contributed by atoms with Crippen LogP contribution in [0.5, 0.6) is 17.2 Å². The summed E-state index contributed by atoms with van der Waals surface area (Å²) >= 11 is 0. The molecule has 0 saturated heterocycles. The Morgan fingerprint density at radius 1 is 0.892 bits per heavy atom. The molecule has 0 spiro atoms. The zero-order valence-electron chi connectivity index (χ0n) is 21.1. The van der Waals surface area contributed by atoms with E-state index in [0.29, 0.717) is 56.1 Å². The lowest BCUT2D eigenvalue weighted by atomic mass is 10.00. The molecule has 3 aromatic heterocycles. The Kier molecular flexibility index (Phi) is 5.70. The number of ether oxygens (including phenoxy) is 3. The van der Waals surface area contributed by atoms with Gasteiger partial charge in [-0.15, -0.1) is 0 Å². The molecule has 1 aliphatic rings. The van der Waals surface area contributed by atoms with Gasteiger partial charge in [-0.1, -0.05) is 25.7 Å². The standard InChI is InChI=1S/C28H29N3O6/c1-34-19-14-22(36-3)21(35-2)13-18(19)23-24-27(31(30-28(24)33)15-8-6-4-5-7-9-15)29-25-17-11-10-16(32)12-20(17)37-26(23)25/h10-15,29H,4-9H2,1-3H3,(H,30,33). The second kappa shape index (κ2) is 9.06. The summed E-state index contributed by atoms with van der Waals surface area (Å²) in [5.41, 5.74) is 3.11. The minimum absolute atomic E-state index is 0.151. The molecule has 0 radical (unpaired) electrons. The van der Waals surface area contributed by atoms with E-state index in [1.54, 1.807) is 39.5 Å². The van der Waals surface area contributed by atoms with Gasteiger partial charge in [0.05, 0.1) is 38.3 Å². The van der Waals surface area contributed by atoms with Gasteiger partial charge in [-0.25, -0.2) is 0 Å². The van der Waals surface area contributed by atoms with Crippen molar-refractivity contribution in [3.63, 3.8) is 0 Å². The Hall–Kier alpha value is -4.14. The van der Waals surface area contributed by atoms with Gasteiger partial charge in [0.1, 0.15) is 17.0 Å².